The number of urea groups is 1. The Morgan fingerprint density at radius 3 is 2.96 bits per heavy atom. The summed E-state index contributed by atoms with van der Waals surface area (Å²) in [6, 6.07) is 9.12. The predicted molar refractivity (Wildman–Crippen MR) is 94.5 cm³/mol. The Bertz CT molecular complexity index is 713. The predicted octanol–water partition coefficient (Wildman–Crippen LogP) is 1.38. The fourth-order valence-electron chi connectivity index (χ4n) is 2.82. The van der Waals surface area contributed by atoms with Gasteiger partial charge in [-0.1, -0.05) is 18.2 Å². The first-order chi connectivity index (χ1) is 12.2. The molecule has 3 amide bonds. The second-order valence-electron chi connectivity index (χ2n) is 6.12. The molecule has 0 aliphatic carbocycles. The summed E-state index contributed by atoms with van der Waals surface area (Å²) in [5.41, 5.74) is 2.04. The zero-order valence-electron chi connectivity index (χ0n) is 14.1. The molecule has 1 unspecified atom stereocenters. The molecule has 1 atom stereocenters. The molecule has 1 saturated heterocycles. The van der Waals surface area contributed by atoms with Crippen LogP contribution in [-0.2, 0) is 11.2 Å². The van der Waals surface area contributed by atoms with Gasteiger partial charge in [0.2, 0.25) is 5.91 Å². The Labute approximate surface area is 146 Å². The lowest BCUT2D eigenvalue weighted by Crippen LogP contribution is -2.49. The van der Waals surface area contributed by atoms with Crippen LogP contribution >= 0.6 is 0 Å². The van der Waals surface area contributed by atoms with Gasteiger partial charge in [-0.2, -0.15) is 5.10 Å². The minimum Gasteiger partial charge on any atom is -0.354 e. The summed E-state index contributed by atoms with van der Waals surface area (Å²) >= 11 is 0. The molecule has 3 rings (SSSR count). The van der Waals surface area contributed by atoms with E-state index in [2.05, 4.69) is 21.0 Å². The third-order valence-corrected chi connectivity index (χ3v) is 4.20. The summed E-state index contributed by atoms with van der Waals surface area (Å²) in [7, 11) is 0. The monoisotopic (exact) mass is 341 g/mol. The number of carbonyl (C=O) groups is 2. The topological polar surface area (TPSA) is 88.1 Å². The molecule has 132 valence electrons. The molecule has 0 spiro atoms. The molecule has 25 heavy (non-hydrogen) atoms. The lowest BCUT2D eigenvalue weighted by atomic mass is 10.1. The Balaban J connectivity index is 1.44. The molecule has 1 aliphatic heterocycles. The van der Waals surface area contributed by atoms with Gasteiger partial charge >= 0.3 is 6.03 Å². The lowest BCUT2D eigenvalue weighted by molar-refractivity contribution is -0.122. The Morgan fingerprint density at radius 1 is 1.28 bits per heavy atom. The van der Waals surface area contributed by atoms with Gasteiger partial charge in [0.1, 0.15) is 6.04 Å². The van der Waals surface area contributed by atoms with Crippen molar-refractivity contribution in [3.8, 4) is 5.69 Å². The Kier molecular flexibility index (Phi) is 5.66. The fraction of sp³-hybridized carbons (Fsp3) is 0.389. The molecule has 7 heteroatoms. The van der Waals surface area contributed by atoms with Crippen molar-refractivity contribution in [3.05, 3.63) is 48.3 Å². The minimum absolute atomic E-state index is 0.100. The average Bonchev–Trinajstić information content (AvgIpc) is 3.01. The van der Waals surface area contributed by atoms with Gasteiger partial charge in [-0.15, -0.1) is 0 Å². The maximum atomic E-state index is 12.0. The van der Waals surface area contributed by atoms with Gasteiger partial charge in [0.25, 0.3) is 0 Å². The second-order valence-corrected chi connectivity index (χ2v) is 6.12. The van der Waals surface area contributed by atoms with Crippen molar-refractivity contribution in [2.24, 2.45) is 0 Å². The fourth-order valence-corrected chi connectivity index (χ4v) is 2.82. The SMILES string of the molecule is O=C(NCCc1cnn(-c2ccccc2)c1)NC1CCCCNC1=O. The highest BCUT2D eigenvalue weighted by molar-refractivity contribution is 5.87. The summed E-state index contributed by atoms with van der Waals surface area (Å²) in [6.07, 6.45) is 7.00. The van der Waals surface area contributed by atoms with Crippen molar-refractivity contribution in [2.75, 3.05) is 13.1 Å². The molecule has 2 aromatic rings. The van der Waals surface area contributed by atoms with E-state index in [1.54, 1.807) is 6.20 Å². The van der Waals surface area contributed by atoms with E-state index in [4.69, 9.17) is 0 Å². The first-order valence-electron chi connectivity index (χ1n) is 8.63. The minimum atomic E-state index is -0.441. The highest BCUT2D eigenvalue weighted by Gasteiger charge is 2.21. The molecule has 1 aliphatic rings. The number of amides is 3. The van der Waals surface area contributed by atoms with E-state index in [0.717, 1.165) is 24.1 Å². The molecule has 7 nitrogen and oxygen atoms in total. The zero-order chi connectivity index (χ0) is 17.5. The highest BCUT2D eigenvalue weighted by Crippen LogP contribution is 2.08. The van der Waals surface area contributed by atoms with Crippen LogP contribution in [0.2, 0.25) is 0 Å². The molecular weight excluding hydrogens is 318 g/mol. The smallest absolute Gasteiger partial charge is 0.315 e. The van der Waals surface area contributed by atoms with Gasteiger partial charge in [0.15, 0.2) is 0 Å². The van der Waals surface area contributed by atoms with Crippen LogP contribution in [0.25, 0.3) is 5.69 Å². The van der Waals surface area contributed by atoms with Crippen LogP contribution in [0.15, 0.2) is 42.7 Å². The van der Waals surface area contributed by atoms with Crippen molar-refractivity contribution in [3.63, 3.8) is 0 Å². The summed E-state index contributed by atoms with van der Waals surface area (Å²) in [5.74, 6) is -0.100. The zero-order valence-corrected chi connectivity index (χ0v) is 14.1. The lowest BCUT2D eigenvalue weighted by Gasteiger charge is -2.15. The Morgan fingerprint density at radius 2 is 2.12 bits per heavy atom. The van der Waals surface area contributed by atoms with Gasteiger partial charge in [0.05, 0.1) is 11.9 Å². The van der Waals surface area contributed by atoms with Crippen LogP contribution in [0.3, 0.4) is 0 Å². The largest absolute Gasteiger partial charge is 0.354 e. The normalized spacial score (nSPS) is 17.4. The number of hydrogen-bond donors (Lipinski definition) is 3. The quantitative estimate of drug-likeness (QED) is 0.768. The number of hydrogen-bond acceptors (Lipinski definition) is 3. The first-order valence-corrected chi connectivity index (χ1v) is 8.63. The summed E-state index contributed by atoms with van der Waals surface area (Å²) in [4.78, 5) is 23.8. The molecule has 1 aromatic heterocycles. The highest BCUT2D eigenvalue weighted by atomic mass is 16.2. The van der Waals surface area contributed by atoms with Gasteiger partial charge in [-0.25, -0.2) is 9.48 Å². The molecule has 3 N–H and O–H groups in total. The van der Waals surface area contributed by atoms with Crippen molar-refractivity contribution in [2.45, 2.75) is 31.7 Å². The summed E-state index contributed by atoms with van der Waals surface area (Å²) in [6.45, 7) is 1.17. The van der Waals surface area contributed by atoms with Crippen LogP contribution < -0.4 is 16.0 Å². The van der Waals surface area contributed by atoms with E-state index in [9.17, 15) is 9.59 Å². The number of aromatic nitrogens is 2. The maximum Gasteiger partial charge on any atom is 0.315 e. The van der Waals surface area contributed by atoms with Gasteiger partial charge in [0, 0.05) is 19.3 Å². The molecule has 1 fully saturated rings. The third-order valence-electron chi connectivity index (χ3n) is 4.20. The second kappa shape index (κ2) is 8.32. The van der Waals surface area contributed by atoms with E-state index < -0.39 is 6.04 Å². The molecule has 0 saturated carbocycles. The first kappa shape index (κ1) is 17.0. The van der Waals surface area contributed by atoms with Gasteiger partial charge < -0.3 is 16.0 Å². The standard InChI is InChI=1S/C18H23N5O2/c24-17-16(8-4-5-10-19-17)22-18(25)20-11-9-14-12-21-23(13-14)15-6-2-1-3-7-15/h1-3,6-7,12-13,16H,4-5,8-11H2,(H,19,24)(H2,20,22,25). The van der Waals surface area contributed by atoms with Crippen LogP contribution in [0.1, 0.15) is 24.8 Å². The average molecular weight is 341 g/mol. The number of benzene rings is 1. The van der Waals surface area contributed by atoms with E-state index >= 15 is 0 Å². The molecular formula is C18H23N5O2. The van der Waals surface area contributed by atoms with E-state index in [1.807, 2.05) is 41.2 Å². The van der Waals surface area contributed by atoms with Crippen LogP contribution in [0.4, 0.5) is 4.79 Å². The van der Waals surface area contributed by atoms with Gasteiger partial charge in [-0.3, -0.25) is 4.79 Å². The molecule has 0 bridgehead atoms. The number of rotatable bonds is 5. The van der Waals surface area contributed by atoms with Crippen molar-refractivity contribution < 1.29 is 9.59 Å². The van der Waals surface area contributed by atoms with Crippen LogP contribution in [0, 0.1) is 0 Å². The van der Waals surface area contributed by atoms with Crippen molar-refractivity contribution >= 4 is 11.9 Å². The summed E-state index contributed by atoms with van der Waals surface area (Å²) in [5, 5.41) is 12.7. The van der Waals surface area contributed by atoms with Crippen molar-refractivity contribution in [1.29, 1.82) is 0 Å². The number of nitrogens with zero attached hydrogens (tertiary/aromatic N) is 2. The van der Waals surface area contributed by atoms with E-state index in [1.165, 1.54) is 0 Å². The van der Waals surface area contributed by atoms with Crippen LogP contribution in [0.5, 0.6) is 0 Å². The maximum absolute atomic E-state index is 12.0. The number of para-hydroxylation sites is 1. The van der Waals surface area contributed by atoms with Crippen molar-refractivity contribution in [1.82, 2.24) is 25.7 Å². The van der Waals surface area contributed by atoms with Gasteiger partial charge in [-0.05, 0) is 43.4 Å². The number of nitrogens with one attached hydrogen (secondary N) is 3. The summed E-state index contributed by atoms with van der Waals surface area (Å²) < 4.78 is 1.81. The molecule has 1 aromatic carbocycles. The molecule has 2 heterocycles. The Hall–Kier alpha value is -2.83. The van der Waals surface area contributed by atoms with Crippen LogP contribution in [-0.4, -0.2) is 40.9 Å². The van der Waals surface area contributed by atoms with E-state index in [-0.39, 0.29) is 11.9 Å². The number of carbonyl (C=O) groups excluding carboxylic acids is 2. The third kappa shape index (κ3) is 4.82. The van der Waals surface area contributed by atoms with E-state index in [0.29, 0.717) is 25.9 Å². The molecule has 0 radical (unpaired) electrons.